The van der Waals surface area contributed by atoms with Crippen molar-refractivity contribution in [3.05, 3.63) is 77.2 Å². The van der Waals surface area contributed by atoms with Gasteiger partial charge in [0.05, 0.1) is 34.3 Å². The normalized spacial score (nSPS) is 20.2. The highest BCUT2D eigenvalue weighted by Crippen LogP contribution is 2.48. The van der Waals surface area contributed by atoms with Gasteiger partial charge in [0.15, 0.2) is 0 Å². The maximum Gasteiger partial charge on any atom is 0.247 e. The number of fused-ring (bicyclic) bond motifs is 1. The highest BCUT2D eigenvalue weighted by atomic mass is 19.1. The molecule has 0 bridgehead atoms. The Labute approximate surface area is 214 Å². The molecule has 0 saturated heterocycles. The summed E-state index contributed by atoms with van der Waals surface area (Å²) in [5.74, 6) is -0.962. The van der Waals surface area contributed by atoms with Crippen LogP contribution in [0.1, 0.15) is 81.6 Å². The molecule has 1 aliphatic rings. The molecule has 7 nitrogen and oxygen atoms in total. The maximum absolute atomic E-state index is 14.5. The largest absolute Gasteiger partial charge is 0.443 e. The summed E-state index contributed by atoms with van der Waals surface area (Å²) >= 11 is 0. The molecule has 0 aliphatic heterocycles. The van der Waals surface area contributed by atoms with E-state index in [0.717, 1.165) is 24.1 Å². The van der Waals surface area contributed by atoms with Crippen molar-refractivity contribution in [2.45, 2.75) is 64.4 Å². The van der Waals surface area contributed by atoms with Crippen LogP contribution >= 0.6 is 0 Å². The summed E-state index contributed by atoms with van der Waals surface area (Å²) < 4.78 is 34.6. The van der Waals surface area contributed by atoms with Crippen LogP contribution < -0.4 is 0 Å². The number of aliphatic hydroxyl groups is 1. The predicted octanol–water partition coefficient (Wildman–Crippen LogP) is 6.15. The Hall–Kier alpha value is -3.59. The molecular formula is C28H29F2N5O2. The van der Waals surface area contributed by atoms with Gasteiger partial charge in [-0.2, -0.15) is 5.10 Å². The van der Waals surface area contributed by atoms with E-state index in [1.54, 1.807) is 18.5 Å². The van der Waals surface area contributed by atoms with Crippen molar-refractivity contribution in [3.8, 4) is 22.8 Å². The van der Waals surface area contributed by atoms with E-state index in [-0.39, 0.29) is 29.0 Å². The first-order chi connectivity index (χ1) is 17.7. The first kappa shape index (κ1) is 25.1. The van der Waals surface area contributed by atoms with Gasteiger partial charge in [-0.1, -0.05) is 33.8 Å². The topological polar surface area (TPSA) is 97.8 Å². The number of aliphatic hydroxyl groups excluding tert-OH is 1. The van der Waals surface area contributed by atoms with Gasteiger partial charge in [-0.15, -0.1) is 5.10 Å². The number of aromatic nitrogens is 5. The van der Waals surface area contributed by atoms with Crippen molar-refractivity contribution in [3.63, 3.8) is 0 Å². The third-order valence-corrected chi connectivity index (χ3v) is 7.43. The smallest absolute Gasteiger partial charge is 0.247 e. The van der Waals surface area contributed by atoms with Gasteiger partial charge >= 0.3 is 0 Å². The Bertz CT molecular complexity index is 1420. The van der Waals surface area contributed by atoms with E-state index in [1.165, 1.54) is 24.5 Å². The predicted molar refractivity (Wildman–Crippen MR) is 133 cm³/mol. The molecule has 37 heavy (non-hydrogen) atoms. The van der Waals surface area contributed by atoms with Crippen molar-refractivity contribution in [2.75, 3.05) is 0 Å². The number of halogens is 2. The van der Waals surface area contributed by atoms with Crippen LogP contribution in [0.4, 0.5) is 8.78 Å². The molecular weight excluding hydrogens is 476 g/mol. The zero-order valence-electron chi connectivity index (χ0n) is 21.2. The second-order valence-electron chi connectivity index (χ2n) is 10.1. The van der Waals surface area contributed by atoms with Crippen molar-refractivity contribution in [1.29, 1.82) is 0 Å². The van der Waals surface area contributed by atoms with Crippen LogP contribution in [-0.2, 0) is 5.41 Å². The Morgan fingerprint density at radius 3 is 2.57 bits per heavy atom. The average molecular weight is 506 g/mol. The van der Waals surface area contributed by atoms with Crippen LogP contribution in [0.3, 0.4) is 0 Å². The van der Waals surface area contributed by atoms with Gasteiger partial charge < -0.3 is 9.52 Å². The quantitative estimate of drug-likeness (QED) is 0.336. The van der Waals surface area contributed by atoms with E-state index in [1.807, 2.05) is 13.8 Å². The van der Waals surface area contributed by atoms with Crippen LogP contribution in [0.2, 0.25) is 0 Å². The summed E-state index contributed by atoms with van der Waals surface area (Å²) in [6, 6.07) is 5.52. The Balaban J connectivity index is 1.59. The lowest BCUT2D eigenvalue weighted by Gasteiger charge is -2.39. The Morgan fingerprint density at radius 2 is 1.86 bits per heavy atom. The van der Waals surface area contributed by atoms with Crippen LogP contribution in [-0.4, -0.2) is 30.3 Å². The van der Waals surface area contributed by atoms with Crippen molar-refractivity contribution in [2.24, 2.45) is 5.92 Å². The number of hydrogen-bond donors (Lipinski definition) is 1. The summed E-state index contributed by atoms with van der Waals surface area (Å²) in [6.45, 7) is 7.94. The van der Waals surface area contributed by atoms with Crippen LogP contribution in [0, 0.1) is 17.6 Å². The van der Waals surface area contributed by atoms with E-state index in [4.69, 9.17) is 9.40 Å². The molecule has 3 aromatic heterocycles. The fourth-order valence-corrected chi connectivity index (χ4v) is 5.11. The van der Waals surface area contributed by atoms with E-state index in [0.29, 0.717) is 23.5 Å². The lowest BCUT2D eigenvalue weighted by Crippen LogP contribution is -2.35. The molecule has 9 heteroatoms. The minimum atomic E-state index is -0.744. The molecule has 192 valence electrons. The third kappa shape index (κ3) is 4.31. The Kier molecular flexibility index (Phi) is 6.58. The second-order valence-corrected chi connectivity index (χ2v) is 10.1. The van der Waals surface area contributed by atoms with Gasteiger partial charge in [-0.25, -0.2) is 18.7 Å². The first-order valence-corrected chi connectivity index (χ1v) is 12.5. The molecule has 0 spiro atoms. The molecule has 0 unspecified atom stereocenters. The lowest BCUT2D eigenvalue weighted by atomic mass is 9.66. The summed E-state index contributed by atoms with van der Waals surface area (Å²) in [7, 11) is 0. The highest BCUT2D eigenvalue weighted by molar-refractivity contribution is 5.62. The molecule has 0 fully saturated rings. The van der Waals surface area contributed by atoms with Crippen molar-refractivity contribution >= 4 is 0 Å². The minimum absolute atomic E-state index is 0.0132. The molecule has 1 aromatic carbocycles. The van der Waals surface area contributed by atoms with Gasteiger partial charge in [-0.05, 0) is 54.9 Å². The third-order valence-electron chi connectivity index (χ3n) is 7.43. The van der Waals surface area contributed by atoms with Gasteiger partial charge in [-0.3, -0.25) is 4.98 Å². The van der Waals surface area contributed by atoms with E-state index in [9.17, 15) is 13.9 Å². The molecule has 1 N–H and O–H groups in total. The molecule has 0 amide bonds. The van der Waals surface area contributed by atoms with Crippen LogP contribution in [0.25, 0.3) is 22.8 Å². The van der Waals surface area contributed by atoms with Gasteiger partial charge in [0.25, 0.3) is 0 Å². The summed E-state index contributed by atoms with van der Waals surface area (Å²) in [6.07, 6.45) is 6.26. The monoisotopic (exact) mass is 505 g/mol. The molecule has 5 rings (SSSR count). The van der Waals surface area contributed by atoms with E-state index >= 15 is 0 Å². The minimum Gasteiger partial charge on any atom is -0.443 e. The summed E-state index contributed by atoms with van der Waals surface area (Å²) in [5, 5.41) is 19.2. The zero-order valence-corrected chi connectivity index (χ0v) is 21.2. The molecule has 0 saturated carbocycles. The molecule has 1 aliphatic carbocycles. The average Bonchev–Trinajstić information content (AvgIpc) is 3.39. The molecule has 3 atom stereocenters. The zero-order chi connectivity index (χ0) is 26.3. The van der Waals surface area contributed by atoms with E-state index in [2.05, 4.69) is 34.0 Å². The second kappa shape index (κ2) is 9.70. The molecule has 0 radical (unpaired) electrons. The summed E-state index contributed by atoms with van der Waals surface area (Å²) in [4.78, 5) is 13.7. The molecule has 3 heterocycles. The standard InChI is InChI=1S/C28H29F2N5O2/c1-5-28(23-13-31-12-21(32-23)27-33-22(14-37-27)25(36)15(2)3)10-9-16(4)17-11-20(34-35-26(17)28)24-18(29)7-6-8-19(24)30/h6-8,11-16,25,36H,5,9-10H2,1-4H3/t16-,25+,28+/m0/s1. The number of hydrogen-bond acceptors (Lipinski definition) is 7. The Morgan fingerprint density at radius 1 is 1.11 bits per heavy atom. The molecule has 4 aromatic rings. The highest BCUT2D eigenvalue weighted by Gasteiger charge is 2.43. The number of rotatable bonds is 6. The van der Waals surface area contributed by atoms with E-state index < -0.39 is 23.2 Å². The van der Waals surface area contributed by atoms with Crippen molar-refractivity contribution < 1.29 is 18.3 Å². The number of oxazole rings is 1. The van der Waals surface area contributed by atoms with Crippen LogP contribution in [0.15, 0.2) is 47.3 Å². The number of nitrogens with zero attached hydrogens (tertiary/aromatic N) is 5. The SMILES string of the molecule is CC[C@]1(c2cncc(-c3nc([C@H](O)C(C)C)co3)n2)CC[C@H](C)c2cc(-c3c(F)cccc3F)nnc21. The summed E-state index contributed by atoms with van der Waals surface area (Å²) in [5.41, 5.74) is 2.63. The fraction of sp³-hybridized carbons (Fsp3) is 0.393. The van der Waals surface area contributed by atoms with Crippen LogP contribution in [0.5, 0.6) is 0 Å². The van der Waals surface area contributed by atoms with Gasteiger partial charge in [0.1, 0.15) is 35.4 Å². The first-order valence-electron chi connectivity index (χ1n) is 12.5. The van der Waals surface area contributed by atoms with Gasteiger partial charge in [0, 0.05) is 6.20 Å². The lowest BCUT2D eigenvalue weighted by molar-refractivity contribution is 0.122. The fourth-order valence-electron chi connectivity index (χ4n) is 5.11. The number of benzene rings is 1. The van der Waals surface area contributed by atoms with Crippen molar-refractivity contribution in [1.82, 2.24) is 25.1 Å². The van der Waals surface area contributed by atoms with Gasteiger partial charge in [0.2, 0.25) is 5.89 Å². The maximum atomic E-state index is 14.5.